The van der Waals surface area contributed by atoms with Gasteiger partial charge in [-0.25, -0.2) is 4.98 Å². The molecule has 1 saturated heterocycles. The molecule has 1 aliphatic heterocycles. The fourth-order valence-electron chi connectivity index (χ4n) is 1.23. The Balaban J connectivity index is 2.27. The molecule has 0 amide bonds. The number of halogens is 1. The minimum Gasteiger partial charge on any atom is -0.383 e. The third kappa shape index (κ3) is 1.40. The normalized spacial score (nSPS) is 21.9. The Labute approximate surface area is 84.9 Å². The maximum atomic E-state index is 5.61. The Morgan fingerprint density at radius 2 is 2.42 bits per heavy atom. The smallest absolute Gasteiger partial charge is 0.136 e. The standard InChI is InChI=1S/C8H10IN3/c9-6-3-5(4-12-8(6)10)7-1-2-11-7/h3-4,7,11H,1-2H2,(H2,10,12)/t7-/m1/s1. The summed E-state index contributed by atoms with van der Waals surface area (Å²) in [5.74, 6) is 0.624. The van der Waals surface area contributed by atoms with Crippen molar-refractivity contribution in [1.29, 1.82) is 0 Å². The van der Waals surface area contributed by atoms with Gasteiger partial charge in [-0.2, -0.15) is 0 Å². The SMILES string of the molecule is Nc1ncc([C@H]2CCN2)cc1I. The number of pyridine rings is 1. The van der Waals surface area contributed by atoms with Crippen molar-refractivity contribution in [2.24, 2.45) is 0 Å². The predicted molar refractivity (Wildman–Crippen MR) is 56.7 cm³/mol. The molecule has 0 aromatic carbocycles. The third-order valence-electron chi connectivity index (χ3n) is 2.12. The molecule has 4 heteroatoms. The number of rotatable bonds is 1. The zero-order chi connectivity index (χ0) is 8.55. The van der Waals surface area contributed by atoms with Gasteiger partial charge >= 0.3 is 0 Å². The van der Waals surface area contributed by atoms with Crippen LogP contribution in [-0.4, -0.2) is 11.5 Å². The van der Waals surface area contributed by atoms with E-state index in [-0.39, 0.29) is 0 Å². The Bertz CT molecular complexity index is 296. The minimum absolute atomic E-state index is 0.506. The maximum absolute atomic E-state index is 5.61. The lowest BCUT2D eigenvalue weighted by molar-refractivity contribution is 0.382. The van der Waals surface area contributed by atoms with Gasteiger partial charge in [-0.05, 0) is 47.2 Å². The number of nitrogens with one attached hydrogen (secondary N) is 1. The first-order valence-corrected chi connectivity index (χ1v) is 4.99. The molecule has 0 bridgehead atoms. The van der Waals surface area contributed by atoms with Gasteiger partial charge in [0.25, 0.3) is 0 Å². The zero-order valence-electron chi connectivity index (χ0n) is 6.55. The monoisotopic (exact) mass is 275 g/mol. The molecule has 1 aromatic rings. The van der Waals surface area contributed by atoms with Gasteiger partial charge in [-0.1, -0.05) is 0 Å². The van der Waals surface area contributed by atoms with Crippen LogP contribution in [0.25, 0.3) is 0 Å². The van der Waals surface area contributed by atoms with Crippen LogP contribution in [0.5, 0.6) is 0 Å². The van der Waals surface area contributed by atoms with E-state index in [9.17, 15) is 0 Å². The van der Waals surface area contributed by atoms with E-state index in [0.29, 0.717) is 11.9 Å². The van der Waals surface area contributed by atoms with Crippen molar-refractivity contribution in [2.75, 3.05) is 12.3 Å². The van der Waals surface area contributed by atoms with E-state index in [2.05, 4.69) is 39.0 Å². The largest absolute Gasteiger partial charge is 0.383 e. The predicted octanol–water partition coefficient (Wildman–Crippen LogP) is 1.30. The molecule has 0 radical (unpaired) electrons. The summed E-state index contributed by atoms with van der Waals surface area (Å²) in [6.45, 7) is 1.12. The van der Waals surface area contributed by atoms with Crippen molar-refractivity contribution in [2.45, 2.75) is 12.5 Å². The fourth-order valence-corrected chi connectivity index (χ4v) is 1.73. The van der Waals surface area contributed by atoms with Crippen molar-refractivity contribution < 1.29 is 0 Å². The number of nitrogen functional groups attached to an aromatic ring is 1. The molecular formula is C8H10IN3. The van der Waals surface area contributed by atoms with E-state index in [4.69, 9.17) is 5.73 Å². The van der Waals surface area contributed by atoms with Crippen LogP contribution in [0.4, 0.5) is 5.82 Å². The highest BCUT2D eigenvalue weighted by Crippen LogP contribution is 2.24. The summed E-state index contributed by atoms with van der Waals surface area (Å²) in [5, 5.41) is 3.32. The summed E-state index contributed by atoms with van der Waals surface area (Å²) in [5.41, 5.74) is 6.86. The van der Waals surface area contributed by atoms with Gasteiger partial charge in [-0.3, -0.25) is 0 Å². The number of anilines is 1. The highest BCUT2D eigenvalue weighted by atomic mass is 127. The number of nitrogens with zero attached hydrogens (tertiary/aromatic N) is 1. The van der Waals surface area contributed by atoms with Crippen LogP contribution in [0.3, 0.4) is 0 Å². The lowest BCUT2D eigenvalue weighted by Gasteiger charge is -2.27. The molecule has 0 aliphatic carbocycles. The summed E-state index contributed by atoms with van der Waals surface area (Å²) in [6, 6.07) is 2.60. The maximum Gasteiger partial charge on any atom is 0.136 e. The fraction of sp³-hybridized carbons (Fsp3) is 0.375. The molecule has 1 fully saturated rings. The van der Waals surface area contributed by atoms with Crippen molar-refractivity contribution in [3.63, 3.8) is 0 Å². The zero-order valence-corrected chi connectivity index (χ0v) is 8.71. The topological polar surface area (TPSA) is 50.9 Å². The van der Waals surface area contributed by atoms with Crippen molar-refractivity contribution in [3.8, 4) is 0 Å². The van der Waals surface area contributed by atoms with Crippen LogP contribution < -0.4 is 11.1 Å². The Morgan fingerprint density at radius 3 is 2.92 bits per heavy atom. The molecular weight excluding hydrogens is 265 g/mol. The van der Waals surface area contributed by atoms with Gasteiger partial charge < -0.3 is 11.1 Å². The van der Waals surface area contributed by atoms with Crippen LogP contribution in [0.1, 0.15) is 18.0 Å². The van der Waals surface area contributed by atoms with E-state index < -0.39 is 0 Å². The number of hydrogen-bond acceptors (Lipinski definition) is 3. The van der Waals surface area contributed by atoms with Gasteiger partial charge in [0, 0.05) is 12.2 Å². The van der Waals surface area contributed by atoms with Gasteiger partial charge in [0.1, 0.15) is 5.82 Å². The van der Waals surface area contributed by atoms with E-state index >= 15 is 0 Å². The molecule has 12 heavy (non-hydrogen) atoms. The lowest BCUT2D eigenvalue weighted by atomic mass is 10.00. The van der Waals surface area contributed by atoms with Crippen molar-refractivity contribution in [1.82, 2.24) is 10.3 Å². The van der Waals surface area contributed by atoms with Crippen LogP contribution in [0.2, 0.25) is 0 Å². The van der Waals surface area contributed by atoms with Gasteiger partial charge in [0.05, 0.1) is 3.57 Å². The summed E-state index contributed by atoms with van der Waals surface area (Å²) < 4.78 is 1.04. The second-order valence-electron chi connectivity index (χ2n) is 2.93. The number of nitrogens with two attached hydrogens (primary N) is 1. The molecule has 1 aliphatic rings. The Hall–Kier alpha value is -0.360. The molecule has 0 unspecified atom stereocenters. The molecule has 3 N–H and O–H groups in total. The van der Waals surface area contributed by atoms with Gasteiger partial charge in [0.2, 0.25) is 0 Å². The highest BCUT2D eigenvalue weighted by molar-refractivity contribution is 14.1. The number of aromatic nitrogens is 1. The summed E-state index contributed by atoms with van der Waals surface area (Å²) in [4.78, 5) is 4.11. The first-order valence-electron chi connectivity index (χ1n) is 3.91. The summed E-state index contributed by atoms with van der Waals surface area (Å²) in [6.07, 6.45) is 3.07. The molecule has 2 heterocycles. The van der Waals surface area contributed by atoms with Crippen LogP contribution in [0, 0.1) is 3.57 Å². The molecule has 3 nitrogen and oxygen atoms in total. The second kappa shape index (κ2) is 3.18. The van der Waals surface area contributed by atoms with Gasteiger partial charge in [-0.15, -0.1) is 0 Å². The van der Waals surface area contributed by atoms with Crippen LogP contribution in [-0.2, 0) is 0 Å². The molecule has 0 spiro atoms. The minimum atomic E-state index is 0.506. The molecule has 64 valence electrons. The second-order valence-corrected chi connectivity index (χ2v) is 4.09. The molecule has 1 atom stereocenters. The summed E-state index contributed by atoms with van der Waals surface area (Å²) >= 11 is 2.21. The summed E-state index contributed by atoms with van der Waals surface area (Å²) in [7, 11) is 0. The average molecular weight is 275 g/mol. The average Bonchev–Trinajstić information content (AvgIpc) is 1.93. The lowest BCUT2D eigenvalue weighted by Crippen LogP contribution is -2.35. The first-order chi connectivity index (χ1) is 5.77. The van der Waals surface area contributed by atoms with Crippen molar-refractivity contribution in [3.05, 3.63) is 21.4 Å². The van der Waals surface area contributed by atoms with E-state index in [1.807, 2.05) is 6.20 Å². The highest BCUT2D eigenvalue weighted by Gasteiger charge is 2.18. The van der Waals surface area contributed by atoms with E-state index in [1.165, 1.54) is 12.0 Å². The van der Waals surface area contributed by atoms with E-state index in [1.54, 1.807) is 0 Å². The third-order valence-corrected chi connectivity index (χ3v) is 2.98. The van der Waals surface area contributed by atoms with Crippen LogP contribution >= 0.6 is 22.6 Å². The number of hydrogen-bond donors (Lipinski definition) is 2. The van der Waals surface area contributed by atoms with Gasteiger partial charge in [0.15, 0.2) is 0 Å². The Morgan fingerprint density at radius 1 is 1.67 bits per heavy atom. The molecule has 0 saturated carbocycles. The quantitative estimate of drug-likeness (QED) is 0.760. The van der Waals surface area contributed by atoms with Crippen LogP contribution in [0.15, 0.2) is 12.3 Å². The van der Waals surface area contributed by atoms with E-state index in [0.717, 1.165) is 10.1 Å². The first kappa shape index (κ1) is 8.25. The van der Waals surface area contributed by atoms with Crippen molar-refractivity contribution >= 4 is 28.4 Å². The Kier molecular flexibility index (Phi) is 2.18. The molecule has 1 aromatic heterocycles. The molecule has 2 rings (SSSR count).